The van der Waals surface area contributed by atoms with Crippen LogP contribution in [0.2, 0.25) is 0 Å². The molecule has 0 aliphatic heterocycles. The monoisotopic (exact) mass is 284 g/mol. The van der Waals surface area contributed by atoms with E-state index in [0.29, 0.717) is 18.9 Å². The topological polar surface area (TPSA) is 92.4 Å². The second-order valence-electron chi connectivity index (χ2n) is 5.97. The highest BCUT2D eigenvalue weighted by molar-refractivity contribution is 5.86. The van der Waals surface area contributed by atoms with E-state index in [1.54, 1.807) is 0 Å². The van der Waals surface area contributed by atoms with Gasteiger partial charge in [-0.1, -0.05) is 32.6 Å². The fraction of sp³-hybridized carbons (Fsp3) is 0.867. The van der Waals surface area contributed by atoms with Gasteiger partial charge in [0.15, 0.2) is 0 Å². The Labute approximate surface area is 121 Å². The maximum Gasteiger partial charge on any atom is 0.303 e. The third-order valence-corrected chi connectivity index (χ3v) is 4.38. The van der Waals surface area contributed by atoms with Crippen molar-refractivity contribution in [3.8, 4) is 0 Å². The van der Waals surface area contributed by atoms with Crippen molar-refractivity contribution >= 4 is 11.9 Å². The molecule has 0 aromatic rings. The minimum absolute atomic E-state index is 0.0368. The summed E-state index contributed by atoms with van der Waals surface area (Å²) in [5, 5.41) is 11.6. The predicted octanol–water partition coefficient (Wildman–Crippen LogP) is 2.05. The first-order chi connectivity index (χ1) is 9.48. The summed E-state index contributed by atoms with van der Waals surface area (Å²) >= 11 is 0. The maximum absolute atomic E-state index is 12.1. The molecule has 1 amide bonds. The minimum Gasteiger partial charge on any atom is -0.481 e. The quantitative estimate of drug-likeness (QED) is 0.636. The number of nitrogens with two attached hydrogens (primary N) is 1. The van der Waals surface area contributed by atoms with E-state index in [9.17, 15) is 9.59 Å². The number of carboxylic acid groups (broad SMARTS) is 1. The summed E-state index contributed by atoms with van der Waals surface area (Å²) in [6.45, 7) is 2.65. The molecular formula is C15H28N2O3. The molecule has 4 N–H and O–H groups in total. The molecule has 1 fully saturated rings. The molecule has 0 aromatic carbocycles. The number of carbonyl (C=O) groups excluding carboxylic acids is 1. The van der Waals surface area contributed by atoms with Crippen LogP contribution in [0.4, 0.5) is 0 Å². The standard InChI is InChI=1S/C15H28N2O3/c1-2-12(6-7-13(18)19)8-11-17-14(20)15(16)9-4-3-5-10-15/h12H,2-11,16H2,1H3,(H,17,20)(H,18,19). The van der Waals surface area contributed by atoms with E-state index < -0.39 is 11.5 Å². The fourth-order valence-electron chi connectivity index (χ4n) is 2.86. The van der Waals surface area contributed by atoms with Crippen molar-refractivity contribution in [2.24, 2.45) is 11.7 Å². The zero-order valence-electron chi connectivity index (χ0n) is 12.5. The molecule has 1 aliphatic rings. The van der Waals surface area contributed by atoms with Gasteiger partial charge in [-0.15, -0.1) is 0 Å². The maximum atomic E-state index is 12.1. The third-order valence-electron chi connectivity index (χ3n) is 4.38. The van der Waals surface area contributed by atoms with Crippen molar-refractivity contribution in [2.75, 3.05) is 6.54 Å². The summed E-state index contributed by atoms with van der Waals surface area (Å²) in [5.41, 5.74) is 5.48. The minimum atomic E-state index is -0.754. The molecule has 0 radical (unpaired) electrons. The molecule has 0 bridgehead atoms. The number of amides is 1. The van der Waals surface area contributed by atoms with Gasteiger partial charge in [-0.3, -0.25) is 9.59 Å². The molecule has 1 atom stereocenters. The SMILES string of the molecule is CCC(CCNC(=O)C1(N)CCCCC1)CCC(=O)O. The molecule has 116 valence electrons. The fourth-order valence-corrected chi connectivity index (χ4v) is 2.86. The molecule has 1 unspecified atom stereocenters. The van der Waals surface area contributed by atoms with E-state index in [-0.39, 0.29) is 12.3 Å². The van der Waals surface area contributed by atoms with Gasteiger partial charge in [-0.2, -0.15) is 0 Å². The highest BCUT2D eigenvalue weighted by atomic mass is 16.4. The molecule has 0 aromatic heterocycles. The second kappa shape index (κ2) is 8.25. The van der Waals surface area contributed by atoms with E-state index in [4.69, 9.17) is 10.8 Å². The van der Waals surface area contributed by atoms with Crippen LogP contribution < -0.4 is 11.1 Å². The first kappa shape index (κ1) is 17.0. The number of aliphatic carboxylic acids is 1. The molecule has 5 nitrogen and oxygen atoms in total. The lowest BCUT2D eigenvalue weighted by Gasteiger charge is -2.32. The van der Waals surface area contributed by atoms with Crippen molar-refractivity contribution < 1.29 is 14.7 Å². The Kier molecular flexibility index (Phi) is 6.99. The van der Waals surface area contributed by atoms with Gasteiger partial charge in [0.2, 0.25) is 5.91 Å². The zero-order valence-corrected chi connectivity index (χ0v) is 12.5. The van der Waals surface area contributed by atoms with Crippen LogP contribution in [0.25, 0.3) is 0 Å². The number of nitrogens with one attached hydrogen (secondary N) is 1. The van der Waals surface area contributed by atoms with Gasteiger partial charge in [0.25, 0.3) is 0 Å². The lowest BCUT2D eigenvalue weighted by atomic mass is 9.82. The molecule has 5 heteroatoms. The van der Waals surface area contributed by atoms with Crippen molar-refractivity contribution in [1.82, 2.24) is 5.32 Å². The van der Waals surface area contributed by atoms with Crippen molar-refractivity contribution in [3.05, 3.63) is 0 Å². The Balaban J connectivity index is 2.27. The first-order valence-corrected chi connectivity index (χ1v) is 7.77. The molecule has 1 rings (SSSR count). The lowest BCUT2D eigenvalue weighted by molar-refractivity contribution is -0.137. The van der Waals surface area contributed by atoms with Crippen LogP contribution in [-0.2, 0) is 9.59 Å². The highest BCUT2D eigenvalue weighted by Crippen LogP contribution is 2.26. The number of hydrogen-bond acceptors (Lipinski definition) is 3. The summed E-state index contributed by atoms with van der Waals surface area (Å²) in [5.74, 6) is -0.438. The number of rotatable bonds is 8. The Morgan fingerprint density at radius 3 is 2.45 bits per heavy atom. The largest absolute Gasteiger partial charge is 0.481 e. The number of hydrogen-bond donors (Lipinski definition) is 3. The van der Waals surface area contributed by atoms with Crippen LogP contribution in [0.3, 0.4) is 0 Å². The second-order valence-corrected chi connectivity index (χ2v) is 5.97. The normalized spacial score (nSPS) is 19.3. The number of carbonyl (C=O) groups is 2. The van der Waals surface area contributed by atoms with E-state index >= 15 is 0 Å². The van der Waals surface area contributed by atoms with Crippen LogP contribution in [0.5, 0.6) is 0 Å². The zero-order chi connectivity index (χ0) is 15.0. The Bertz CT molecular complexity index is 325. The van der Waals surface area contributed by atoms with E-state index in [0.717, 1.165) is 38.5 Å². The Morgan fingerprint density at radius 1 is 1.25 bits per heavy atom. The van der Waals surface area contributed by atoms with Gasteiger partial charge in [-0.25, -0.2) is 0 Å². The molecule has 0 heterocycles. The molecular weight excluding hydrogens is 256 g/mol. The summed E-state index contributed by atoms with van der Waals surface area (Å²) in [4.78, 5) is 22.7. The Hall–Kier alpha value is -1.10. The molecule has 20 heavy (non-hydrogen) atoms. The Morgan fingerprint density at radius 2 is 1.90 bits per heavy atom. The van der Waals surface area contributed by atoms with Crippen LogP contribution in [-0.4, -0.2) is 29.1 Å². The van der Waals surface area contributed by atoms with Gasteiger partial charge in [0, 0.05) is 13.0 Å². The smallest absolute Gasteiger partial charge is 0.303 e. The van der Waals surface area contributed by atoms with Gasteiger partial charge in [-0.05, 0) is 31.6 Å². The van der Waals surface area contributed by atoms with Gasteiger partial charge in [0.1, 0.15) is 0 Å². The van der Waals surface area contributed by atoms with Crippen LogP contribution in [0.1, 0.15) is 64.7 Å². The van der Waals surface area contributed by atoms with E-state index in [1.807, 2.05) is 0 Å². The van der Waals surface area contributed by atoms with Crippen LogP contribution in [0.15, 0.2) is 0 Å². The highest BCUT2D eigenvalue weighted by Gasteiger charge is 2.34. The summed E-state index contributed by atoms with van der Waals surface area (Å²) in [6, 6.07) is 0. The van der Waals surface area contributed by atoms with Crippen LogP contribution >= 0.6 is 0 Å². The molecule has 1 saturated carbocycles. The van der Waals surface area contributed by atoms with Crippen molar-refractivity contribution in [3.63, 3.8) is 0 Å². The first-order valence-electron chi connectivity index (χ1n) is 7.77. The summed E-state index contributed by atoms with van der Waals surface area (Å²) in [6.07, 6.45) is 7.41. The molecule has 1 aliphatic carbocycles. The van der Waals surface area contributed by atoms with Gasteiger partial charge >= 0.3 is 5.97 Å². The van der Waals surface area contributed by atoms with E-state index in [1.165, 1.54) is 6.42 Å². The predicted molar refractivity (Wildman–Crippen MR) is 78.3 cm³/mol. The molecule has 0 spiro atoms. The lowest BCUT2D eigenvalue weighted by Crippen LogP contribution is -2.55. The summed E-state index contributed by atoms with van der Waals surface area (Å²) < 4.78 is 0. The number of carboxylic acids is 1. The average Bonchev–Trinajstić information content (AvgIpc) is 2.43. The van der Waals surface area contributed by atoms with Gasteiger partial charge < -0.3 is 16.2 Å². The molecule has 0 saturated heterocycles. The van der Waals surface area contributed by atoms with Gasteiger partial charge in [0.05, 0.1) is 5.54 Å². The average molecular weight is 284 g/mol. The van der Waals surface area contributed by atoms with E-state index in [2.05, 4.69) is 12.2 Å². The summed E-state index contributed by atoms with van der Waals surface area (Å²) in [7, 11) is 0. The van der Waals surface area contributed by atoms with Crippen molar-refractivity contribution in [2.45, 2.75) is 70.3 Å². The van der Waals surface area contributed by atoms with Crippen molar-refractivity contribution in [1.29, 1.82) is 0 Å². The third kappa shape index (κ3) is 5.49. The van der Waals surface area contributed by atoms with Crippen LogP contribution in [0, 0.1) is 5.92 Å².